The molecule has 0 bridgehead atoms. The van der Waals surface area contributed by atoms with Gasteiger partial charge in [0.05, 0.1) is 23.8 Å². The van der Waals surface area contributed by atoms with E-state index in [0.29, 0.717) is 17.6 Å². The molecule has 1 aliphatic carbocycles. The van der Waals surface area contributed by atoms with Crippen LogP contribution in [0.4, 0.5) is 17.3 Å². The van der Waals surface area contributed by atoms with Crippen molar-refractivity contribution in [2.45, 2.75) is 52.9 Å². The number of hydrogen-bond donors (Lipinski definition) is 2. The first-order chi connectivity index (χ1) is 13.4. The van der Waals surface area contributed by atoms with Gasteiger partial charge < -0.3 is 10.6 Å². The molecule has 0 aromatic carbocycles. The molecule has 0 aliphatic heterocycles. The molecule has 2 aromatic rings. The van der Waals surface area contributed by atoms with Crippen molar-refractivity contribution in [1.29, 1.82) is 5.26 Å². The summed E-state index contributed by atoms with van der Waals surface area (Å²) in [5.74, 6) is 3.70. The van der Waals surface area contributed by atoms with E-state index in [0.717, 1.165) is 29.8 Å². The minimum Gasteiger partial charge on any atom is -0.383 e. The van der Waals surface area contributed by atoms with Crippen LogP contribution in [0.25, 0.3) is 0 Å². The SMILES string of the molecule is CC1CC(C)CC(CNc2cc(Nc3cnc(C#N)cn3)nnc2C(C)C)C1. The maximum atomic E-state index is 8.83. The van der Waals surface area contributed by atoms with Crippen molar-refractivity contribution in [1.82, 2.24) is 20.2 Å². The van der Waals surface area contributed by atoms with Crippen LogP contribution in [0, 0.1) is 29.1 Å². The molecule has 7 nitrogen and oxygen atoms in total. The molecule has 2 atom stereocenters. The third-order valence-corrected chi connectivity index (χ3v) is 5.25. The average Bonchev–Trinajstić information content (AvgIpc) is 2.66. The Morgan fingerprint density at radius 3 is 2.43 bits per heavy atom. The van der Waals surface area contributed by atoms with E-state index in [1.54, 1.807) is 0 Å². The van der Waals surface area contributed by atoms with Crippen LogP contribution in [0.2, 0.25) is 0 Å². The summed E-state index contributed by atoms with van der Waals surface area (Å²) in [7, 11) is 0. The van der Waals surface area contributed by atoms with Crippen LogP contribution < -0.4 is 10.6 Å². The first-order valence-electron chi connectivity index (χ1n) is 10.0. The third-order valence-electron chi connectivity index (χ3n) is 5.25. The van der Waals surface area contributed by atoms with Crippen LogP contribution in [0.15, 0.2) is 18.5 Å². The van der Waals surface area contributed by atoms with Crippen molar-refractivity contribution in [3.05, 3.63) is 29.8 Å². The molecular weight excluding hydrogens is 350 g/mol. The number of nitrogens with zero attached hydrogens (tertiary/aromatic N) is 5. The summed E-state index contributed by atoms with van der Waals surface area (Å²) in [5, 5.41) is 24.3. The van der Waals surface area contributed by atoms with Crippen LogP contribution in [-0.4, -0.2) is 26.7 Å². The molecule has 1 fully saturated rings. The van der Waals surface area contributed by atoms with Gasteiger partial charge in [-0.25, -0.2) is 9.97 Å². The highest BCUT2D eigenvalue weighted by Gasteiger charge is 2.24. The molecular formula is C21H29N7. The Morgan fingerprint density at radius 1 is 1.07 bits per heavy atom. The zero-order valence-electron chi connectivity index (χ0n) is 17.1. The lowest BCUT2D eigenvalue weighted by molar-refractivity contribution is 0.228. The molecule has 1 aliphatic rings. The zero-order valence-corrected chi connectivity index (χ0v) is 17.1. The average molecular weight is 380 g/mol. The van der Waals surface area contributed by atoms with Gasteiger partial charge >= 0.3 is 0 Å². The summed E-state index contributed by atoms with van der Waals surface area (Å²) < 4.78 is 0. The maximum Gasteiger partial charge on any atom is 0.158 e. The number of nitrogens with one attached hydrogen (secondary N) is 2. The summed E-state index contributed by atoms with van der Waals surface area (Å²) in [6, 6.07) is 3.95. The molecule has 2 heterocycles. The fourth-order valence-electron chi connectivity index (χ4n) is 4.15. The molecule has 1 saturated carbocycles. The minimum atomic E-state index is 0.281. The summed E-state index contributed by atoms with van der Waals surface area (Å²) in [6.07, 6.45) is 6.85. The summed E-state index contributed by atoms with van der Waals surface area (Å²) in [5.41, 5.74) is 2.26. The summed E-state index contributed by atoms with van der Waals surface area (Å²) >= 11 is 0. The molecule has 2 N–H and O–H groups in total. The number of hydrogen-bond acceptors (Lipinski definition) is 7. The molecule has 0 saturated heterocycles. The van der Waals surface area contributed by atoms with Gasteiger partial charge in [-0.2, -0.15) is 10.4 Å². The molecule has 28 heavy (non-hydrogen) atoms. The molecule has 3 rings (SSSR count). The van der Waals surface area contributed by atoms with E-state index >= 15 is 0 Å². The van der Waals surface area contributed by atoms with E-state index in [1.165, 1.54) is 31.7 Å². The number of rotatable bonds is 6. The number of aromatic nitrogens is 4. The Morgan fingerprint density at radius 2 is 1.82 bits per heavy atom. The van der Waals surface area contributed by atoms with Crippen LogP contribution in [-0.2, 0) is 0 Å². The lowest BCUT2D eigenvalue weighted by Crippen LogP contribution is -2.25. The highest BCUT2D eigenvalue weighted by atomic mass is 15.2. The fourth-order valence-corrected chi connectivity index (χ4v) is 4.15. The van der Waals surface area contributed by atoms with Crippen molar-refractivity contribution >= 4 is 17.3 Å². The van der Waals surface area contributed by atoms with Crippen molar-refractivity contribution in [3.63, 3.8) is 0 Å². The minimum absolute atomic E-state index is 0.281. The van der Waals surface area contributed by atoms with Gasteiger partial charge in [0.15, 0.2) is 11.5 Å². The first kappa shape index (κ1) is 20.0. The largest absolute Gasteiger partial charge is 0.383 e. The van der Waals surface area contributed by atoms with E-state index in [2.05, 4.69) is 58.5 Å². The predicted octanol–water partition coefficient (Wildman–Crippen LogP) is 4.49. The van der Waals surface area contributed by atoms with Gasteiger partial charge in [-0.1, -0.05) is 27.7 Å². The van der Waals surface area contributed by atoms with Gasteiger partial charge in [0.25, 0.3) is 0 Å². The van der Waals surface area contributed by atoms with Crippen LogP contribution in [0.5, 0.6) is 0 Å². The second kappa shape index (κ2) is 8.96. The van der Waals surface area contributed by atoms with E-state index < -0.39 is 0 Å². The Hall–Kier alpha value is -2.75. The second-order valence-electron chi connectivity index (χ2n) is 8.37. The molecule has 2 aromatic heterocycles. The lowest BCUT2D eigenvalue weighted by Gasteiger charge is -2.32. The van der Waals surface area contributed by atoms with E-state index in [4.69, 9.17) is 5.26 Å². The zero-order chi connectivity index (χ0) is 20.1. The highest BCUT2D eigenvalue weighted by molar-refractivity contribution is 5.60. The normalized spacial score (nSPS) is 21.9. The van der Waals surface area contributed by atoms with Gasteiger partial charge in [0.2, 0.25) is 0 Å². The Balaban J connectivity index is 1.72. The Labute approximate surface area is 167 Å². The third kappa shape index (κ3) is 5.16. The molecule has 0 spiro atoms. The molecule has 7 heteroatoms. The summed E-state index contributed by atoms with van der Waals surface area (Å²) in [4.78, 5) is 8.21. The van der Waals surface area contributed by atoms with E-state index in [1.807, 2.05) is 12.1 Å². The van der Waals surface area contributed by atoms with Crippen LogP contribution in [0.1, 0.15) is 64.3 Å². The molecule has 0 radical (unpaired) electrons. The maximum absolute atomic E-state index is 8.83. The molecule has 148 valence electrons. The van der Waals surface area contributed by atoms with E-state index in [-0.39, 0.29) is 11.6 Å². The second-order valence-corrected chi connectivity index (χ2v) is 8.37. The molecule has 2 unspecified atom stereocenters. The van der Waals surface area contributed by atoms with Crippen molar-refractivity contribution in [2.75, 3.05) is 17.2 Å². The first-order valence-corrected chi connectivity index (χ1v) is 10.0. The van der Waals surface area contributed by atoms with Crippen molar-refractivity contribution in [2.24, 2.45) is 17.8 Å². The van der Waals surface area contributed by atoms with Crippen molar-refractivity contribution < 1.29 is 0 Å². The van der Waals surface area contributed by atoms with E-state index in [9.17, 15) is 0 Å². The predicted molar refractivity (Wildman–Crippen MR) is 110 cm³/mol. The van der Waals surface area contributed by atoms with Crippen molar-refractivity contribution in [3.8, 4) is 6.07 Å². The monoisotopic (exact) mass is 379 g/mol. The highest BCUT2D eigenvalue weighted by Crippen LogP contribution is 2.33. The van der Waals surface area contributed by atoms with Crippen LogP contribution >= 0.6 is 0 Å². The quantitative estimate of drug-likeness (QED) is 0.763. The smallest absolute Gasteiger partial charge is 0.158 e. The number of nitriles is 1. The lowest BCUT2D eigenvalue weighted by atomic mass is 9.77. The number of anilines is 3. The van der Waals surface area contributed by atoms with Gasteiger partial charge in [0, 0.05) is 12.6 Å². The standard InChI is InChI=1S/C21H29N7/c1-13(2)21-18(24-10-16-6-14(3)5-15(4)7-16)8-19(27-28-21)26-20-12-23-17(9-22)11-25-20/h8,11-16H,5-7,10H2,1-4H3,(H2,24,25,26,27). The Kier molecular flexibility index (Phi) is 6.40. The van der Waals surface area contributed by atoms with Gasteiger partial charge in [-0.3, -0.25) is 0 Å². The Bertz CT molecular complexity index is 816. The fraction of sp³-hybridized carbons (Fsp3) is 0.571. The van der Waals surface area contributed by atoms with Gasteiger partial charge in [-0.05, 0) is 42.9 Å². The van der Waals surface area contributed by atoms with Crippen LogP contribution in [0.3, 0.4) is 0 Å². The van der Waals surface area contributed by atoms with Gasteiger partial charge in [-0.15, -0.1) is 5.10 Å². The van der Waals surface area contributed by atoms with Gasteiger partial charge in [0.1, 0.15) is 11.9 Å². The molecule has 0 amide bonds. The topological polar surface area (TPSA) is 99.4 Å². The summed E-state index contributed by atoms with van der Waals surface area (Å²) in [6.45, 7) is 9.92.